The lowest BCUT2D eigenvalue weighted by molar-refractivity contribution is -0.183. The van der Waals surface area contributed by atoms with Crippen molar-refractivity contribution in [1.82, 2.24) is 0 Å². The molecule has 4 rings (SSSR count). The van der Waals surface area contributed by atoms with E-state index >= 15 is 0 Å². The summed E-state index contributed by atoms with van der Waals surface area (Å²) in [6, 6.07) is 1.95. The summed E-state index contributed by atoms with van der Waals surface area (Å²) in [4.78, 5) is 24.3. The average molecular weight is 388 g/mol. The lowest BCUT2D eigenvalue weighted by Gasteiger charge is -2.59. The molecule has 1 saturated heterocycles. The van der Waals surface area contributed by atoms with E-state index in [1.54, 1.807) is 12.5 Å². The van der Waals surface area contributed by atoms with Gasteiger partial charge in [0.2, 0.25) is 0 Å². The minimum absolute atomic E-state index is 0.0110. The molecule has 152 valence electrons. The Bertz CT molecular complexity index is 796. The number of cyclic esters (lactones) is 1. The number of hydrogen-bond donors (Lipinski definition) is 1. The minimum Gasteiger partial charge on any atom is -0.472 e. The van der Waals surface area contributed by atoms with Gasteiger partial charge in [0.05, 0.1) is 18.6 Å². The molecule has 6 unspecified atom stereocenters. The zero-order chi connectivity index (χ0) is 20.1. The third-order valence-electron chi connectivity index (χ3n) is 7.49. The van der Waals surface area contributed by atoms with Gasteiger partial charge in [-0.3, -0.25) is 4.79 Å². The monoisotopic (exact) mass is 388 g/mol. The van der Waals surface area contributed by atoms with Crippen molar-refractivity contribution < 1.29 is 28.6 Å². The molecule has 2 heterocycles. The maximum atomic E-state index is 12.4. The van der Waals surface area contributed by atoms with E-state index in [0.717, 1.165) is 18.4 Å². The summed E-state index contributed by atoms with van der Waals surface area (Å²) in [5.41, 5.74) is 0.799. The zero-order valence-electron chi connectivity index (χ0n) is 16.6. The number of rotatable bonds is 4. The van der Waals surface area contributed by atoms with Gasteiger partial charge in [0, 0.05) is 30.3 Å². The van der Waals surface area contributed by atoms with Crippen LogP contribution in [0.1, 0.15) is 45.6 Å². The quantitative estimate of drug-likeness (QED) is 0.798. The van der Waals surface area contributed by atoms with E-state index in [4.69, 9.17) is 13.9 Å². The fraction of sp³-hybridized carbons (Fsp3) is 0.636. The molecule has 1 aromatic heterocycles. The van der Waals surface area contributed by atoms with E-state index in [1.165, 1.54) is 6.92 Å². The van der Waals surface area contributed by atoms with Crippen molar-refractivity contribution in [2.75, 3.05) is 6.61 Å². The zero-order valence-corrected chi connectivity index (χ0v) is 16.6. The second-order valence-electron chi connectivity index (χ2n) is 8.91. The summed E-state index contributed by atoms with van der Waals surface area (Å²) in [6.45, 7) is 5.89. The Hall–Kier alpha value is -2.08. The van der Waals surface area contributed by atoms with E-state index in [2.05, 4.69) is 13.8 Å². The van der Waals surface area contributed by atoms with Crippen LogP contribution >= 0.6 is 0 Å². The summed E-state index contributed by atoms with van der Waals surface area (Å²) < 4.78 is 16.4. The van der Waals surface area contributed by atoms with Crippen molar-refractivity contribution in [3.63, 3.8) is 0 Å². The van der Waals surface area contributed by atoms with Gasteiger partial charge in [-0.15, -0.1) is 0 Å². The van der Waals surface area contributed by atoms with Gasteiger partial charge in [0.25, 0.3) is 0 Å². The van der Waals surface area contributed by atoms with Crippen molar-refractivity contribution in [3.05, 3.63) is 35.8 Å². The molecule has 1 N–H and O–H groups in total. The molecular weight excluding hydrogens is 360 g/mol. The van der Waals surface area contributed by atoms with Crippen LogP contribution in [-0.2, 0) is 25.5 Å². The van der Waals surface area contributed by atoms with Gasteiger partial charge in [0.15, 0.2) is 0 Å². The van der Waals surface area contributed by atoms with Crippen LogP contribution in [0.5, 0.6) is 0 Å². The summed E-state index contributed by atoms with van der Waals surface area (Å²) >= 11 is 0. The molecule has 2 fully saturated rings. The summed E-state index contributed by atoms with van der Waals surface area (Å²) in [7, 11) is 0. The maximum absolute atomic E-state index is 12.4. The van der Waals surface area contributed by atoms with E-state index in [-0.39, 0.29) is 41.9 Å². The molecule has 1 aromatic rings. The van der Waals surface area contributed by atoms with Crippen LogP contribution in [0.15, 0.2) is 34.7 Å². The Labute approximate surface area is 164 Å². The van der Waals surface area contributed by atoms with E-state index in [0.29, 0.717) is 18.4 Å². The molecule has 1 spiro atoms. The van der Waals surface area contributed by atoms with E-state index in [9.17, 15) is 14.7 Å². The minimum atomic E-state index is -0.605. The first-order valence-corrected chi connectivity index (χ1v) is 10.0. The third-order valence-corrected chi connectivity index (χ3v) is 7.49. The molecule has 28 heavy (non-hydrogen) atoms. The standard InChI is InChI=1S/C22H28O6/c1-13-17(24)10-22-12-27-20(25)16(22)4-5-18(28-14(2)23)19(22)21(13,3)8-6-15-7-9-26-11-15/h4,7,9,11,13,17-19,24H,5-6,8,10,12H2,1-3H3. The number of hydrogen-bond acceptors (Lipinski definition) is 6. The van der Waals surface area contributed by atoms with Crippen LogP contribution in [0, 0.1) is 22.7 Å². The van der Waals surface area contributed by atoms with E-state index < -0.39 is 11.5 Å². The van der Waals surface area contributed by atoms with Gasteiger partial charge >= 0.3 is 11.9 Å². The van der Waals surface area contributed by atoms with Gasteiger partial charge in [-0.25, -0.2) is 4.79 Å². The summed E-state index contributed by atoms with van der Waals surface area (Å²) in [6.07, 6.45) is 6.90. The first-order chi connectivity index (χ1) is 13.3. The molecule has 1 aliphatic heterocycles. The van der Waals surface area contributed by atoms with Crippen LogP contribution in [0.25, 0.3) is 0 Å². The molecule has 0 radical (unpaired) electrons. The van der Waals surface area contributed by atoms with Gasteiger partial charge in [-0.2, -0.15) is 0 Å². The number of furan rings is 1. The molecule has 0 aromatic carbocycles. The molecule has 6 nitrogen and oxygen atoms in total. The summed E-state index contributed by atoms with van der Waals surface area (Å²) in [5.74, 6) is -0.729. The highest BCUT2D eigenvalue weighted by Crippen LogP contribution is 2.64. The highest BCUT2D eigenvalue weighted by Gasteiger charge is 2.66. The largest absolute Gasteiger partial charge is 0.472 e. The van der Waals surface area contributed by atoms with Gasteiger partial charge in [0.1, 0.15) is 12.7 Å². The Morgan fingerprint density at radius 3 is 2.89 bits per heavy atom. The van der Waals surface area contributed by atoms with Crippen LogP contribution in [0.2, 0.25) is 0 Å². The molecule has 1 saturated carbocycles. The summed E-state index contributed by atoms with van der Waals surface area (Å²) in [5, 5.41) is 11.0. The predicted octanol–water partition coefficient (Wildman–Crippen LogP) is 3.04. The molecule has 3 aliphatic rings. The van der Waals surface area contributed by atoms with Crippen LogP contribution < -0.4 is 0 Å². The smallest absolute Gasteiger partial charge is 0.334 e. The lowest BCUT2D eigenvalue weighted by Crippen LogP contribution is -2.61. The van der Waals surface area contributed by atoms with Crippen molar-refractivity contribution in [1.29, 1.82) is 0 Å². The molecule has 0 bridgehead atoms. The number of carbonyl (C=O) groups is 2. The third kappa shape index (κ3) is 2.81. The molecule has 6 atom stereocenters. The van der Waals surface area contributed by atoms with E-state index in [1.807, 2.05) is 12.1 Å². The topological polar surface area (TPSA) is 86.0 Å². The molecule has 6 heteroatoms. The lowest BCUT2D eigenvalue weighted by atomic mass is 9.45. The fourth-order valence-electron chi connectivity index (χ4n) is 6.01. The molecule has 0 amide bonds. The van der Waals surface area contributed by atoms with Gasteiger partial charge in [-0.1, -0.05) is 19.9 Å². The maximum Gasteiger partial charge on any atom is 0.334 e. The van der Waals surface area contributed by atoms with Crippen molar-refractivity contribution in [2.24, 2.45) is 22.7 Å². The van der Waals surface area contributed by atoms with Crippen molar-refractivity contribution >= 4 is 11.9 Å². The second-order valence-corrected chi connectivity index (χ2v) is 8.91. The Morgan fingerprint density at radius 1 is 1.43 bits per heavy atom. The van der Waals surface area contributed by atoms with Crippen LogP contribution in [-0.4, -0.2) is 35.9 Å². The van der Waals surface area contributed by atoms with Crippen LogP contribution in [0.4, 0.5) is 0 Å². The molecule has 2 aliphatic carbocycles. The Kier molecular flexibility index (Phi) is 4.65. The number of aliphatic hydroxyl groups excluding tert-OH is 1. The Morgan fingerprint density at radius 2 is 2.21 bits per heavy atom. The van der Waals surface area contributed by atoms with Crippen molar-refractivity contribution in [2.45, 2.75) is 58.7 Å². The normalized spacial score (nSPS) is 39.6. The SMILES string of the molecule is CC(=O)OC1CC=C2C(=O)OCC23CC(O)C(C)C(C)(CCc2ccoc2)C13. The average Bonchev–Trinajstić information content (AvgIpc) is 3.26. The number of aryl methyl sites for hydroxylation is 1. The number of carbonyl (C=O) groups excluding carboxylic acids is 2. The van der Waals surface area contributed by atoms with Gasteiger partial charge in [-0.05, 0) is 42.2 Å². The highest BCUT2D eigenvalue weighted by atomic mass is 16.5. The first-order valence-electron chi connectivity index (χ1n) is 10.0. The predicted molar refractivity (Wildman–Crippen MR) is 100 cm³/mol. The fourth-order valence-corrected chi connectivity index (χ4v) is 6.01. The Balaban J connectivity index is 1.77. The molecular formula is C22H28O6. The second kappa shape index (κ2) is 6.76. The number of esters is 2. The van der Waals surface area contributed by atoms with Crippen molar-refractivity contribution in [3.8, 4) is 0 Å². The highest BCUT2D eigenvalue weighted by molar-refractivity contribution is 5.93. The van der Waals surface area contributed by atoms with Crippen LogP contribution in [0.3, 0.4) is 0 Å². The van der Waals surface area contributed by atoms with Gasteiger partial charge < -0.3 is 19.0 Å². The number of ether oxygens (including phenoxy) is 2. The number of aliphatic hydroxyl groups is 1. The first kappa shape index (κ1) is 19.2.